The Bertz CT molecular complexity index is 570. The molecule has 0 saturated carbocycles. The summed E-state index contributed by atoms with van der Waals surface area (Å²) in [6.45, 7) is 0.615. The van der Waals surface area contributed by atoms with E-state index in [0.29, 0.717) is 12.1 Å². The van der Waals surface area contributed by atoms with Crippen molar-refractivity contribution in [1.29, 1.82) is 0 Å². The van der Waals surface area contributed by atoms with E-state index in [1.807, 2.05) is 24.3 Å². The van der Waals surface area contributed by atoms with Crippen LogP contribution in [-0.4, -0.2) is 34.5 Å². The number of aromatic nitrogens is 1. The van der Waals surface area contributed by atoms with E-state index in [0.717, 1.165) is 12.1 Å². The van der Waals surface area contributed by atoms with Crippen LogP contribution in [0.5, 0.6) is 5.75 Å². The molecule has 1 amide bonds. The molecule has 0 radical (unpaired) electrons. The van der Waals surface area contributed by atoms with Gasteiger partial charge in [0.1, 0.15) is 5.75 Å². The number of phenolic OH excluding ortho intramolecular Hbond substituents is 1. The molecule has 20 heavy (non-hydrogen) atoms. The molecule has 1 aromatic carbocycles. The van der Waals surface area contributed by atoms with E-state index >= 15 is 0 Å². The normalized spacial score (nSPS) is 10.2. The summed E-state index contributed by atoms with van der Waals surface area (Å²) in [6.07, 6.45) is 2.69. The van der Waals surface area contributed by atoms with Gasteiger partial charge in [-0.2, -0.15) is 0 Å². The van der Waals surface area contributed by atoms with E-state index in [9.17, 15) is 9.90 Å². The fourth-order valence-corrected chi connectivity index (χ4v) is 1.91. The number of pyridine rings is 1. The molecule has 104 valence electrons. The summed E-state index contributed by atoms with van der Waals surface area (Å²) in [4.78, 5) is 18.0. The van der Waals surface area contributed by atoms with Crippen LogP contribution in [0.4, 0.5) is 0 Å². The van der Waals surface area contributed by atoms with Crippen molar-refractivity contribution in [2.24, 2.45) is 0 Å². The standard InChI is InChI=1S/C16H18N2O2/c1-18(11-9-14-7-4-5-10-17-14)16(20)12-13-6-2-3-8-15(13)19/h2-8,10,19H,9,11-12H2,1H3. The summed E-state index contributed by atoms with van der Waals surface area (Å²) < 4.78 is 0. The Morgan fingerprint density at radius 2 is 1.95 bits per heavy atom. The van der Waals surface area contributed by atoms with E-state index in [1.54, 1.807) is 36.3 Å². The third kappa shape index (κ3) is 3.82. The van der Waals surface area contributed by atoms with Crippen molar-refractivity contribution in [2.45, 2.75) is 12.8 Å². The van der Waals surface area contributed by atoms with Crippen molar-refractivity contribution in [3.63, 3.8) is 0 Å². The SMILES string of the molecule is CN(CCc1ccccn1)C(=O)Cc1ccccc1O. The minimum atomic E-state index is -0.0116. The molecule has 2 rings (SSSR count). The van der Waals surface area contributed by atoms with Gasteiger partial charge in [0, 0.05) is 37.5 Å². The number of hydrogen-bond donors (Lipinski definition) is 1. The first kappa shape index (κ1) is 14.1. The van der Waals surface area contributed by atoms with Crippen LogP contribution in [-0.2, 0) is 17.6 Å². The first-order chi connectivity index (χ1) is 9.66. The van der Waals surface area contributed by atoms with Crippen molar-refractivity contribution in [3.8, 4) is 5.75 Å². The fourth-order valence-electron chi connectivity index (χ4n) is 1.91. The van der Waals surface area contributed by atoms with E-state index in [1.165, 1.54) is 0 Å². The summed E-state index contributed by atoms with van der Waals surface area (Å²) in [6, 6.07) is 12.7. The molecule has 0 atom stereocenters. The van der Waals surface area contributed by atoms with Crippen molar-refractivity contribution >= 4 is 5.91 Å². The third-order valence-electron chi connectivity index (χ3n) is 3.19. The number of benzene rings is 1. The number of phenols is 1. The smallest absolute Gasteiger partial charge is 0.226 e. The maximum atomic E-state index is 12.1. The zero-order valence-electron chi connectivity index (χ0n) is 11.5. The van der Waals surface area contributed by atoms with Crippen LogP contribution >= 0.6 is 0 Å². The highest BCUT2D eigenvalue weighted by atomic mass is 16.3. The molecule has 1 N–H and O–H groups in total. The Hall–Kier alpha value is -2.36. The molecule has 4 heteroatoms. The predicted molar refractivity (Wildman–Crippen MR) is 77.4 cm³/mol. The van der Waals surface area contributed by atoms with Gasteiger partial charge in [0.05, 0.1) is 6.42 Å². The van der Waals surface area contributed by atoms with Gasteiger partial charge in [-0.05, 0) is 18.2 Å². The molecule has 2 aromatic rings. The Morgan fingerprint density at radius 3 is 2.65 bits per heavy atom. The highest BCUT2D eigenvalue weighted by molar-refractivity contribution is 5.79. The van der Waals surface area contributed by atoms with Gasteiger partial charge in [0.2, 0.25) is 5.91 Å². The quantitative estimate of drug-likeness (QED) is 0.904. The Balaban J connectivity index is 1.88. The van der Waals surface area contributed by atoms with Gasteiger partial charge in [-0.1, -0.05) is 24.3 Å². The molecule has 0 spiro atoms. The van der Waals surface area contributed by atoms with Crippen LogP contribution in [0.2, 0.25) is 0 Å². The van der Waals surface area contributed by atoms with Crippen LogP contribution in [0.3, 0.4) is 0 Å². The Morgan fingerprint density at radius 1 is 1.20 bits per heavy atom. The molecule has 0 aliphatic carbocycles. The maximum absolute atomic E-state index is 12.1. The number of amides is 1. The lowest BCUT2D eigenvalue weighted by molar-refractivity contribution is -0.129. The predicted octanol–water partition coefficient (Wildman–Crippen LogP) is 2.03. The maximum Gasteiger partial charge on any atom is 0.226 e. The van der Waals surface area contributed by atoms with Gasteiger partial charge >= 0.3 is 0 Å². The summed E-state index contributed by atoms with van der Waals surface area (Å²) in [5, 5.41) is 9.67. The zero-order chi connectivity index (χ0) is 14.4. The molecular weight excluding hydrogens is 252 g/mol. The second-order valence-electron chi connectivity index (χ2n) is 4.69. The van der Waals surface area contributed by atoms with Crippen LogP contribution in [0.25, 0.3) is 0 Å². The minimum Gasteiger partial charge on any atom is -0.508 e. The lowest BCUT2D eigenvalue weighted by atomic mass is 10.1. The van der Waals surface area contributed by atoms with Gasteiger partial charge < -0.3 is 10.0 Å². The molecule has 0 aliphatic rings. The summed E-state index contributed by atoms with van der Waals surface area (Å²) >= 11 is 0. The van der Waals surface area contributed by atoms with Gasteiger partial charge in [0.25, 0.3) is 0 Å². The van der Waals surface area contributed by atoms with Crippen LogP contribution < -0.4 is 0 Å². The molecular formula is C16H18N2O2. The second-order valence-corrected chi connectivity index (χ2v) is 4.69. The van der Waals surface area contributed by atoms with E-state index in [-0.39, 0.29) is 18.1 Å². The Kier molecular flexibility index (Phi) is 4.71. The van der Waals surface area contributed by atoms with Gasteiger partial charge in [-0.25, -0.2) is 0 Å². The molecule has 0 bridgehead atoms. The minimum absolute atomic E-state index is 0.0116. The van der Waals surface area contributed by atoms with Crippen molar-refractivity contribution in [1.82, 2.24) is 9.88 Å². The first-order valence-corrected chi connectivity index (χ1v) is 6.57. The molecule has 0 unspecified atom stereocenters. The van der Waals surface area contributed by atoms with Crippen molar-refractivity contribution < 1.29 is 9.90 Å². The van der Waals surface area contributed by atoms with Gasteiger partial charge in [0.15, 0.2) is 0 Å². The van der Waals surface area contributed by atoms with Gasteiger partial charge in [-0.15, -0.1) is 0 Å². The number of likely N-dealkylation sites (N-methyl/N-ethyl adjacent to an activating group) is 1. The number of para-hydroxylation sites is 1. The van der Waals surface area contributed by atoms with Crippen molar-refractivity contribution in [2.75, 3.05) is 13.6 Å². The average Bonchev–Trinajstić information content (AvgIpc) is 2.48. The lowest BCUT2D eigenvalue weighted by Gasteiger charge is -2.17. The summed E-state index contributed by atoms with van der Waals surface area (Å²) in [5.41, 5.74) is 1.62. The highest BCUT2D eigenvalue weighted by Gasteiger charge is 2.11. The number of carbonyl (C=O) groups excluding carboxylic acids is 1. The van der Waals surface area contributed by atoms with Crippen LogP contribution in [0.15, 0.2) is 48.7 Å². The molecule has 1 aromatic heterocycles. The van der Waals surface area contributed by atoms with E-state index in [2.05, 4.69) is 4.98 Å². The van der Waals surface area contributed by atoms with Gasteiger partial charge in [-0.3, -0.25) is 9.78 Å². The van der Waals surface area contributed by atoms with Crippen molar-refractivity contribution in [3.05, 3.63) is 59.9 Å². The first-order valence-electron chi connectivity index (χ1n) is 6.57. The lowest BCUT2D eigenvalue weighted by Crippen LogP contribution is -2.30. The largest absolute Gasteiger partial charge is 0.508 e. The molecule has 0 fully saturated rings. The number of nitrogens with zero attached hydrogens (tertiary/aromatic N) is 2. The van der Waals surface area contributed by atoms with Crippen LogP contribution in [0.1, 0.15) is 11.3 Å². The molecule has 0 saturated heterocycles. The Labute approximate surface area is 118 Å². The summed E-state index contributed by atoms with van der Waals surface area (Å²) in [7, 11) is 1.77. The average molecular weight is 270 g/mol. The third-order valence-corrected chi connectivity index (χ3v) is 3.19. The molecule has 0 aliphatic heterocycles. The monoisotopic (exact) mass is 270 g/mol. The van der Waals surface area contributed by atoms with E-state index in [4.69, 9.17) is 0 Å². The fraction of sp³-hybridized carbons (Fsp3) is 0.250. The number of carbonyl (C=O) groups is 1. The zero-order valence-corrected chi connectivity index (χ0v) is 11.5. The van der Waals surface area contributed by atoms with Crippen LogP contribution in [0, 0.1) is 0 Å². The highest BCUT2D eigenvalue weighted by Crippen LogP contribution is 2.16. The number of hydrogen-bond acceptors (Lipinski definition) is 3. The number of rotatable bonds is 5. The summed E-state index contributed by atoms with van der Waals surface area (Å²) in [5.74, 6) is 0.154. The molecule has 1 heterocycles. The second kappa shape index (κ2) is 6.70. The topological polar surface area (TPSA) is 53.4 Å². The number of aromatic hydroxyl groups is 1. The molecule has 4 nitrogen and oxygen atoms in total. The van der Waals surface area contributed by atoms with E-state index < -0.39 is 0 Å².